The van der Waals surface area contributed by atoms with Crippen LogP contribution >= 0.6 is 0 Å². The van der Waals surface area contributed by atoms with Crippen LogP contribution in [0.25, 0.3) is 5.52 Å². The Morgan fingerprint density at radius 3 is 2.79 bits per heavy atom. The van der Waals surface area contributed by atoms with Crippen LogP contribution in [0.2, 0.25) is 0 Å². The molecule has 0 aromatic carbocycles. The number of methoxy groups -OCH3 is 1. The lowest BCUT2D eigenvalue weighted by molar-refractivity contribution is -0.192. The van der Waals surface area contributed by atoms with Crippen molar-refractivity contribution in [3.05, 3.63) is 24.2 Å². The molecule has 4 heterocycles. The Kier molecular flexibility index (Phi) is 6.79. The van der Waals surface area contributed by atoms with Gasteiger partial charge in [-0.1, -0.05) is 0 Å². The molecule has 180 valence electrons. The summed E-state index contributed by atoms with van der Waals surface area (Å²) < 4.78 is 35.3. The Labute approximate surface area is 191 Å². The van der Waals surface area contributed by atoms with Crippen LogP contribution in [0.1, 0.15) is 25.6 Å². The first-order valence-corrected chi connectivity index (χ1v) is 10.6. The molecule has 2 aromatic rings. The van der Waals surface area contributed by atoms with Gasteiger partial charge in [-0.25, -0.2) is 19.3 Å². The van der Waals surface area contributed by atoms with E-state index < -0.39 is 36.4 Å². The summed E-state index contributed by atoms with van der Waals surface area (Å²) in [6.07, 6.45) is 0.423. The fourth-order valence-corrected chi connectivity index (χ4v) is 3.88. The highest BCUT2D eigenvalue weighted by Crippen LogP contribution is 2.45. The Hall–Kier alpha value is -2.80. The molecule has 2 aromatic heterocycles. The molecular formula is C21H29N5O7. The van der Waals surface area contributed by atoms with Crippen molar-refractivity contribution in [3.8, 4) is 0 Å². The van der Waals surface area contributed by atoms with Gasteiger partial charge in [0.25, 0.3) is 0 Å². The van der Waals surface area contributed by atoms with E-state index in [1.165, 1.54) is 13.4 Å². The minimum atomic E-state index is -0.808. The first kappa shape index (κ1) is 23.4. The van der Waals surface area contributed by atoms with Gasteiger partial charge in [0.05, 0.1) is 18.6 Å². The number of fused-ring (bicyclic) bond motifs is 2. The molecule has 0 bridgehead atoms. The molecule has 0 spiro atoms. The van der Waals surface area contributed by atoms with E-state index in [0.29, 0.717) is 5.82 Å². The zero-order chi connectivity index (χ0) is 23.6. The molecule has 2 aliphatic heterocycles. The van der Waals surface area contributed by atoms with Gasteiger partial charge in [-0.3, -0.25) is 0 Å². The van der Waals surface area contributed by atoms with E-state index >= 15 is 0 Å². The van der Waals surface area contributed by atoms with E-state index in [0.717, 1.165) is 11.2 Å². The minimum Gasteiger partial charge on any atom is -0.432 e. The smallest absolute Gasteiger partial charge is 0.432 e. The van der Waals surface area contributed by atoms with Gasteiger partial charge in [0.15, 0.2) is 11.6 Å². The summed E-state index contributed by atoms with van der Waals surface area (Å²) in [4.78, 5) is 22.4. The quantitative estimate of drug-likeness (QED) is 0.248. The lowest BCUT2D eigenvalue weighted by Crippen LogP contribution is -2.33. The van der Waals surface area contributed by atoms with E-state index in [4.69, 9.17) is 28.4 Å². The predicted molar refractivity (Wildman–Crippen MR) is 115 cm³/mol. The van der Waals surface area contributed by atoms with E-state index in [-0.39, 0.29) is 19.8 Å². The van der Waals surface area contributed by atoms with Crippen molar-refractivity contribution in [2.75, 3.05) is 41.0 Å². The van der Waals surface area contributed by atoms with Gasteiger partial charge in [-0.2, -0.15) is 5.10 Å². The number of aliphatic imine (C=N–C) groups is 1. The second-order valence-corrected chi connectivity index (χ2v) is 8.41. The van der Waals surface area contributed by atoms with Gasteiger partial charge >= 0.3 is 6.16 Å². The first-order valence-electron chi connectivity index (χ1n) is 10.6. The van der Waals surface area contributed by atoms with Gasteiger partial charge in [0.2, 0.25) is 0 Å². The molecule has 0 aliphatic carbocycles. The maximum absolute atomic E-state index is 11.9. The SMILES string of the molecule is COCCOC(=O)OC[C@H]1O[C@@H](c2ccc3c(N=CN(C)C)ncnn23)[C@@H]2OC(C)(C)O[C@@H]21. The lowest BCUT2D eigenvalue weighted by Gasteiger charge is -2.24. The molecular weight excluding hydrogens is 434 g/mol. The number of hydrogen-bond donors (Lipinski definition) is 0. The minimum absolute atomic E-state index is 0.0421. The summed E-state index contributed by atoms with van der Waals surface area (Å²) in [7, 11) is 5.29. The number of hydrogen-bond acceptors (Lipinski definition) is 10. The normalized spacial score (nSPS) is 26.1. The molecule has 4 rings (SSSR count). The Morgan fingerprint density at radius 2 is 2.03 bits per heavy atom. The summed E-state index contributed by atoms with van der Waals surface area (Å²) in [6.45, 7) is 4.03. The number of ether oxygens (including phenoxy) is 6. The van der Waals surface area contributed by atoms with Crippen molar-refractivity contribution in [1.29, 1.82) is 0 Å². The summed E-state index contributed by atoms with van der Waals surface area (Å²) >= 11 is 0. The number of rotatable bonds is 8. The Morgan fingerprint density at radius 1 is 1.24 bits per heavy atom. The molecule has 33 heavy (non-hydrogen) atoms. The average molecular weight is 463 g/mol. The highest BCUT2D eigenvalue weighted by molar-refractivity contribution is 5.70. The van der Waals surface area contributed by atoms with E-state index in [1.54, 1.807) is 10.9 Å². The van der Waals surface area contributed by atoms with Crippen molar-refractivity contribution < 1.29 is 33.2 Å². The highest BCUT2D eigenvalue weighted by atomic mass is 16.8. The average Bonchev–Trinajstić information content (AvgIpc) is 3.42. The van der Waals surface area contributed by atoms with Crippen molar-refractivity contribution in [2.24, 2.45) is 4.99 Å². The molecule has 2 fully saturated rings. The molecule has 0 radical (unpaired) electrons. The standard InChI is InChI=1S/C21H29N5O7/c1-21(2)32-17-15(10-30-20(27)29-9-8-28-5)31-16(18(17)33-21)13-6-7-14-19(23-12-25(3)4)22-11-24-26(13)14/h6-7,11-12,15-18H,8-10H2,1-5H3/t15-,16+,17-,18+/m1/s1. The number of nitrogens with zero attached hydrogens (tertiary/aromatic N) is 5. The van der Waals surface area contributed by atoms with E-state index in [9.17, 15) is 4.79 Å². The van der Waals surface area contributed by atoms with Gasteiger partial charge in [-0.05, 0) is 26.0 Å². The second kappa shape index (κ2) is 9.59. The third-order valence-electron chi connectivity index (χ3n) is 5.19. The number of carbonyl (C=O) groups excluding carboxylic acids is 1. The van der Waals surface area contributed by atoms with Gasteiger partial charge < -0.3 is 33.3 Å². The number of carbonyl (C=O) groups is 1. The fraction of sp³-hybridized carbons (Fsp3) is 0.619. The van der Waals surface area contributed by atoms with Crippen LogP contribution in [0.15, 0.2) is 23.5 Å². The van der Waals surface area contributed by atoms with Gasteiger partial charge in [0, 0.05) is 21.2 Å². The lowest BCUT2D eigenvalue weighted by atomic mass is 10.1. The monoisotopic (exact) mass is 463 g/mol. The summed E-state index contributed by atoms with van der Waals surface area (Å²) in [5.74, 6) is -0.278. The third kappa shape index (κ3) is 5.08. The van der Waals surface area contributed by atoms with Crippen LogP contribution < -0.4 is 0 Å². The third-order valence-corrected chi connectivity index (χ3v) is 5.19. The Bertz CT molecular complexity index is 1010. The van der Waals surface area contributed by atoms with Crippen LogP contribution in [-0.4, -0.2) is 97.1 Å². The Balaban J connectivity index is 1.55. The fourth-order valence-electron chi connectivity index (χ4n) is 3.88. The van der Waals surface area contributed by atoms with Crippen LogP contribution in [0.3, 0.4) is 0 Å². The molecule has 2 saturated heterocycles. The maximum atomic E-state index is 11.9. The van der Waals surface area contributed by atoms with Gasteiger partial charge in [0.1, 0.15) is 49.5 Å². The molecule has 12 heteroatoms. The largest absolute Gasteiger partial charge is 0.508 e. The summed E-state index contributed by atoms with van der Waals surface area (Å²) in [5, 5.41) is 4.39. The van der Waals surface area contributed by atoms with Crippen molar-refractivity contribution in [2.45, 2.75) is 44.1 Å². The van der Waals surface area contributed by atoms with Crippen molar-refractivity contribution in [1.82, 2.24) is 19.5 Å². The van der Waals surface area contributed by atoms with Crippen molar-refractivity contribution >= 4 is 23.8 Å². The summed E-state index contributed by atoms with van der Waals surface area (Å²) in [5.41, 5.74) is 1.49. The van der Waals surface area contributed by atoms with Crippen LogP contribution in [0.5, 0.6) is 0 Å². The van der Waals surface area contributed by atoms with Gasteiger partial charge in [-0.15, -0.1) is 0 Å². The maximum Gasteiger partial charge on any atom is 0.508 e. The topological polar surface area (TPSA) is 118 Å². The molecule has 0 saturated carbocycles. The first-order chi connectivity index (χ1) is 15.8. The molecule has 12 nitrogen and oxygen atoms in total. The van der Waals surface area contributed by atoms with E-state index in [1.807, 2.05) is 45.0 Å². The number of aromatic nitrogens is 3. The molecule has 2 aliphatic rings. The predicted octanol–water partition coefficient (Wildman–Crippen LogP) is 1.71. The van der Waals surface area contributed by atoms with Crippen LogP contribution in [0.4, 0.5) is 10.6 Å². The zero-order valence-corrected chi connectivity index (χ0v) is 19.3. The molecule has 0 unspecified atom stereocenters. The molecule has 0 amide bonds. The van der Waals surface area contributed by atoms with Crippen LogP contribution in [-0.2, 0) is 28.4 Å². The van der Waals surface area contributed by atoms with Crippen LogP contribution in [0, 0.1) is 0 Å². The molecule has 4 atom stereocenters. The second-order valence-electron chi connectivity index (χ2n) is 8.41. The highest BCUT2D eigenvalue weighted by Gasteiger charge is 2.56. The van der Waals surface area contributed by atoms with Crippen molar-refractivity contribution in [3.63, 3.8) is 0 Å². The van der Waals surface area contributed by atoms with E-state index in [2.05, 4.69) is 15.1 Å². The summed E-state index contributed by atoms with van der Waals surface area (Å²) in [6, 6.07) is 3.78. The molecule has 0 N–H and O–H groups in total. The zero-order valence-electron chi connectivity index (χ0n) is 19.3.